The van der Waals surface area contributed by atoms with E-state index >= 15 is 0 Å². The molecule has 1 saturated heterocycles. The van der Waals surface area contributed by atoms with Crippen molar-refractivity contribution in [3.63, 3.8) is 0 Å². The van der Waals surface area contributed by atoms with Gasteiger partial charge < -0.3 is 5.11 Å². The lowest BCUT2D eigenvalue weighted by atomic mass is 10.0. The molecule has 0 aliphatic carbocycles. The summed E-state index contributed by atoms with van der Waals surface area (Å²) >= 11 is 0. The van der Waals surface area contributed by atoms with E-state index in [2.05, 4.69) is 5.43 Å². The van der Waals surface area contributed by atoms with Crippen molar-refractivity contribution in [3.8, 4) is 0 Å². The van der Waals surface area contributed by atoms with Gasteiger partial charge in [-0.2, -0.15) is 0 Å². The second-order valence-corrected chi connectivity index (χ2v) is 4.32. The second kappa shape index (κ2) is 2.45. The first kappa shape index (κ1) is 9.98. The maximum atomic E-state index is 11.5. The zero-order valence-corrected chi connectivity index (χ0v) is 8.21. The smallest absolute Gasteiger partial charge is 0.283 e. The quantitative estimate of drug-likeness (QED) is 0.497. The maximum absolute atomic E-state index is 11.5. The van der Waals surface area contributed by atoms with Gasteiger partial charge in [-0.25, -0.2) is 5.01 Å². The zero-order valence-electron chi connectivity index (χ0n) is 8.21. The molecule has 0 saturated carbocycles. The van der Waals surface area contributed by atoms with Crippen LogP contribution in [0.25, 0.3) is 0 Å². The summed E-state index contributed by atoms with van der Waals surface area (Å²) in [5.74, 6) is -1.28. The predicted molar refractivity (Wildman–Crippen MR) is 45.4 cm³/mol. The Morgan fingerprint density at radius 2 is 1.85 bits per heavy atom. The van der Waals surface area contributed by atoms with Gasteiger partial charge in [-0.05, 0) is 27.7 Å². The van der Waals surface area contributed by atoms with Crippen molar-refractivity contribution in [2.45, 2.75) is 38.8 Å². The number of hydrazine groups is 1. The largest absolute Gasteiger partial charge is 0.372 e. The van der Waals surface area contributed by atoms with E-state index in [0.29, 0.717) is 0 Å². The molecule has 1 aliphatic rings. The SMILES string of the molecule is CC1(O)C(=O)NN(C(C)(C)C)C1=O. The minimum Gasteiger partial charge on any atom is -0.372 e. The molecule has 1 unspecified atom stereocenters. The van der Waals surface area contributed by atoms with E-state index < -0.39 is 23.0 Å². The predicted octanol–water partition coefficient (Wildman–Crippen LogP) is -0.591. The van der Waals surface area contributed by atoms with Crippen LogP contribution in [-0.2, 0) is 9.59 Å². The number of nitrogens with zero attached hydrogens (tertiary/aromatic N) is 1. The molecule has 1 atom stereocenters. The zero-order chi connectivity index (χ0) is 10.4. The summed E-state index contributed by atoms with van der Waals surface area (Å²) in [4.78, 5) is 22.6. The normalized spacial score (nSPS) is 29.5. The van der Waals surface area contributed by atoms with Gasteiger partial charge in [0.05, 0.1) is 5.54 Å². The van der Waals surface area contributed by atoms with Crippen molar-refractivity contribution in [1.82, 2.24) is 10.4 Å². The molecule has 2 N–H and O–H groups in total. The Morgan fingerprint density at radius 1 is 1.38 bits per heavy atom. The number of rotatable bonds is 0. The third kappa shape index (κ3) is 1.39. The van der Waals surface area contributed by atoms with Gasteiger partial charge in [0.25, 0.3) is 11.8 Å². The number of carbonyl (C=O) groups is 2. The van der Waals surface area contributed by atoms with E-state index in [4.69, 9.17) is 0 Å². The molecule has 1 aliphatic heterocycles. The van der Waals surface area contributed by atoms with Crippen LogP contribution in [0.15, 0.2) is 0 Å². The van der Waals surface area contributed by atoms with Gasteiger partial charge in [-0.3, -0.25) is 15.0 Å². The average Bonchev–Trinajstić information content (AvgIpc) is 2.12. The Kier molecular flexibility index (Phi) is 1.88. The molecule has 0 spiro atoms. The highest BCUT2D eigenvalue weighted by molar-refractivity contribution is 6.12. The summed E-state index contributed by atoms with van der Waals surface area (Å²) < 4.78 is 0. The molecule has 0 bridgehead atoms. The van der Waals surface area contributed by atoms with Crippen molar-refractivity contribution in [2.75, 3.05) is 0 Å². The highest BCUT2D eigenvalue weighted by atomic mass is 16.3. The summed E-state index contributed by atoms with van der Waals surface area (Å²) in [5, 5.41) is 10.6. The third-order valence-electron chi connectivity index (χ3n) is 1.95. The first-order chi connectivity index (χ1) is 5.67. The first-order valence-corrected chi connectivity index (χ1v) is 4.05. The van der Waals surface area contributed by atoms with Gasteiger partial charge >= 0.3 is 0 Å². The van der Waals surface area contributed by atoms with Crippen LogP contribution >= 0.6 is 0 Å². The fraction of sp³-hybridized carbons (Fsp3) is 0.750. The number of hydrogen-bond donors (Lipinski definition) is 2. The lowest BCUT2D eigenvalue weighted by molar-refractivity contribution is -0.149. The number of aliphatic hydroxyl groups is 1. The van der Waals surface area contributed by atoms with Gasteiger partial charge in [-0.15, -0.1) is 0 Å². The van der Waals surface area contributed by atoms with Crippen molar-refractivity contribution in [1.29, 1.82) is 0 Å². The Bertz CT molecular complexity index is 265. The topological polar surface area (TPSA) is 69.6 Å². The van der Waals surface area contributed by atoms with E-state index in [1.54, 1.807) is 20.8 Å². The van der Waals surface area contributed by atoms with E-state index in [-0.39, 0.29) is 0 Å². The van der Waals surface area contributed by atoms with Gasteiger partial charge in [0.1, 0.15) is 0 Å². The molecule has 0 aromatic heterocycles. The second-order valence-electron chi connectivity index (χ2n) is 4.32. The molecule has 1 rings (SSSR count). The highest BCUT2D eigenvalue weighted by Crippen LogP contribution is 2.22. The summed E-state index contributed by atoms with van der Waals surface area (Å²) in [6.45, 7) is 6.50. The summed E-state index contributed by atoms with van der Waals surface area (Å²) in [5.41, 5.74) is -0.115. The van der Waals surface area contributed by atoms with Crippen LogP contribution < -0.4 is 5.43 Å². The third-order valence-corrected chi connectivity index (χ3v) is 1.95. The molecular weight excluding hydrogens is 172 g/mol. The van der Waals surface area contributed by atoms with Gasteiger partial charge in [0, 0.05) is 0 Å². The lowest BCUT2D eigenvalue weighted by Gasteiger charge is -2.30. The highest BCUT2D eigenvalue weighted by Gasteiger charge is 2.52. The first-order valence-electron chi connectivity index (χ1n) is 4.05. The van der Waals surface area contributed by atoms with Crippen LogP contribution in [0, 0.1) is 0 Å². The van der Waals surface area contributed by atoms with Crippen molar-refractivity contribution < 1.29 is 14.7 Å². The maximum Gasteiger partial charge on any atom is 0.283 e. The van der Waals surface area contributed by atoms with Crippen LogP contribution in [-0.4, -0.2) is 33.1 Å². The lowest BCUT2D eigenvalue weighted by Crippen LogP contribution is -2.50. The van der Waals surface area contributed by atoms with Crippen LogP contribution in [0.1, 0.15) is 27.7 Å². The van der Waals surface area contributed by atoms with Crippen molar-refractivity contribution in [2.24, 2.45) is 0 Å². The molecule has 5 nitrogen and oxygen atoms in total. The fourth-order valence-corrected chi connectivity index (χ4v) is 1.05. The molecule has 5 heteroatoms. The van der Waals surface area contributed by atoms with E-state index in [0.717, 1.165) is 5.01 Å². The van der Waals surface area contributed by atoms with Crippen LogP contribution in [0.2, 0.25) is 0 Å². The molecule has 13 heavy (non-hydrogen) atoms. The van der Waals surface area contributed by atoms with E-state index in [1.165, 1.54) is 6.92 Å². The summed E-state index contributed by atoms with van der Waals surface area (Å²) in [7, 11) is 0. The molecule has 0 aromatic rings. The van der Waals surface area contributed by atoms with Crippen molar-refractivity contribution >= 4 is 11.8 Å². The van der Waals surface area contributed by atoms with Crippen LogP contribution in [0.5, 0.6) is 0 Å². The molecule has 1 fully saturated rings. The number of amides is 2. The van der Waals surface area contributed by atoms with Gasteiger partial charge in [-0.1, -0.05) is 0 Å². The monoisotopic (exact) mass is 186 g/mol. The summed E-state index contributed by atoms with van der Waals surface area (Å²) in [6.07, 6.45) is 0. The Hall–Kier alpha value is -1.10. The van der Waals surface area contributed by atoms with Crippen LogP contribution in [0.3, 0.4) is 0 Å². The number of hydrogen-bond acceptors (Lipinski definition) is 3. The van der Waals surface area contributed by atoms with Gasteiger partial charge in [0.2, 0.25) is 5.60 Å². The van der Waals surface area contributed by atoms with Crippen molar-refractivity contribution in [3.05, 3.63) is 0 Å². The van der Waals surface area contributed by atoms with E-state index in [1.807, 2.05) is 0 Å². The minimum atomic E-state index is -1.92. The molecule has 0 aromatic carbocycles. The number of nitrogens with one attached hydrogen (secondary N) is 1. The number of carbonyl (C=O) groups excluding carboxylic acids is 2. The molecule has 74 valence electrons. The standard InChI is InChI=1S/C8H14N2O3/c1-7(2,3)10-6(12)8(4,13)5(11)9-10/h13H,1-4H3,(H,9,11). The Labute approximate surface area is 76.7 Å². The average molecular weight is 186 g/mol. The molecular formula is C8H14N2O3. The molecule has 1 heterocycles. The summed E-state index contributed by atoms with van der Waals surface area (Å²) in [6, 6.07) is 0. The minimum absolute atomic E-state index is 0.521. The molecule has 2 amide bonds. The Morgan fingerprint density at radius 3 is 2.00 bits per heavy atom. The van der Waals surface area contributed by atoms with Gasteiger partial charge in [0.15, 0.2) is 0 Å². The fourth-order valence-electron chi connectivity index (χ4n) is 1.05. The molecule has 0 radical (unpaired) electrons. The Balaban J connectivity index is 3.00. The van der Waals surface area contributed by atoms with E-state index in [9.17, 15) is 14.7 Å². The van der Waals surface area contributed by atoms with Crippen LogP contribution in [0.4, 0.5) is 0 Å².